The Balaban J connectivity index is 6.76. The lowest BCUT2D eigenvalue weighted by molar-refractivity contribution is -0.135. The summed E-state index contributed by atoms with van der Waals surface area (Å²) in [5.41, 5.74) is -0.956. The summed E-state index contributed by atoms with van der Waals surface area (Å²) in [4.78, 5) is 23.2. The van der Waals surface area contributed by atoms with Gasteiger partial charge in [-0.2, -0.15) is 0 Å². The molecule has 1 unspecified atom stereocenters. The third-order valence-electron chi connectivity index (χ3n) is 3.08. The molecular formula is C16H36O7Si4. The third-order valence-corrected chi connectivity index (χ3v) is 15.4. The molecule has 2 N–H and O–H groups in total. The second-order valence-corrected chi connectivity index (χ2v) is 26.5. The smallest absolute Gasteiger partial charge is 0.477 e. The molecule has 0 saturated heterocycles. The monoisotopic (exact) mass is 452 g/mol. The minimum absolute atomic E-state index is 0.216. The van der Waals surface area contributed by atoms with Crippen molar-refractivity contribution < 1.29 is 32.1 Å². The van der Waals surface area contributed by atoms with Gasteiger partial charge in [0.1, 0.15) is 0 Å². The van der Waals surface area contributed by atoms with Crippen molar-refractivity contribution in [3.8, 4) is 0 Å². The van der Waals surface area contributed by atoms with Crippen LogP contribution in [0.25, 0.3) is 0 Å². The molecule has 0 aliphatic heterocycles. The van der Waals surface area contributed by atoms with Gasteiger partial charge in [0.15, 0.2) is 25.0 Å². The van der Waals surface area contributed by atoms with Crippen molar-refractivity contribution in [2.45, 2.75) is 77.8 Å². The normalized spacial score (nSPS) is 15.6. The Morgan fingerprint density at radius 3 is 1.33 bits per heavy atom. The molecule has 27 heavy (non-hydrogen) atoms. The maximum absolute atomic E-state index is 11.9. The van der Waals surface area contributed by atoms with Gasteiger partial charge < -0.3 is 22.6 Å². The number of rotatable bonds is 11. The van der Waals surface area contributed by atoms with Crippen LogP contribution in [0.5, 0.6) is 0 Å². The average molecular weight is 453 g/mol. The van der Waals surface area contributed by atoms with E-state index in [1.54, 1.807) is 0 Å². The number of carbonyl (C=O) groups is 2. The number of aliphatic carboxylic acids is 2. The quantitative estimate of drug-likeness (QED) is 0.355. The minimum atomic E-state index is -3.55. The van der Waals surface area contributed by atoms with Gasteiger partial charge in [0.2, 0.25) is 0 Å². The zero-order valence-electron chi connectivity index (χ0n) is 18.3. The van der Waals surface area contributed by atoms with Crippen molar-refractivity contribution in [1.82, 2.24) is 0 Å². The first-order chi connectivity index (χ1) is 11.8. The Labute approximate surface area is 167 Å². The van der Waals surface area contributed by atoms with E-state index in [0.717, 1.165) is 6.08 Å². The van der Waals surface area contributed by atoms with Crippen molar-refractivity contribution in [2.24, 2.45) is 0 Å². The zero-order chi connectivity index (χ0) is 21.8. The van der Waals surface area contributed by atoms with Crippen LogP contribution in [0.2, 0.25) is 64.5 Å². The van der Waals surface area contributed by atoms with E-state index in [2.05, 4.69) is 0 Å². The lowest BCUT2D eigenvalue weighted by Crippen LogP contribution is -2.63. The number of carboxylic acid groups (broad SMARTS) is 2. The Hall–Kier alpha value is -0.572. The van der Waals surface area contributed by atoms with Crippen LogP contribution in [0.4, 0.5) is 0 Å². The number of hydrogen-bond acceptors (Lipinski definition) is 5. The van der Waals surface area contributed by atoms with Gasteiger partial charge in [-0.15, -0.1) is 0 Å². The van der Waals surface area contributed by atoms with E-state index in [1.165, 1.54) is 0 Å². The van der Waals surface area contributed by atoms with Gasteiger partial charge >= 0.3 is 20.7 Å². The highest BCUT2D eigenvalue weighted by Gasteiger charge is 2.57. The highest BCUT2D eigenvalue weighted by molar-refractivity contribution is 6.91. The third kappa shape index (κ3) is 9.96. The molecule has 0 aromatic carbocycles. The molecule has 158 valence electrons. The van der Waals surface area contributed by atoms with Crippen LogP contribution in [-0.2, 0) is 21.9 Å². The molecule has 1 atom stereocenters. The minimum Gasteiger partial charge on any atom is -0.478 e. The summed E-state index contributed by atoms with van der Waals surface area (Å²) in [6, 6.07) is 0. The lowest BCUT2D eigenvalue weighted by Gasteiger charge is -2.46. The van der Waals surface area contributed by atoms with Crippen LogP contribution in [0.1, 0.15) is 13.3 Å². The van der Waals surface area contributed by atoms with Gasteiger partial charge in [-0.05, 0) is 65.3 Å². The van der Waals surface area contributed by atoms with Crippen molar-refractivity contribution >= 4 is 45.7 Å². The van der Waals surface area contributed by atoms with Crippen molar-refractivity contribution in [3.05, 3.63) is 11.6 Å². The van der Waals surface area contributed by atoms with Gasteiger partial charge in [-0.25, -0.2) is 9.59 Å². The predicted molar refractivity (Wildman–Crippen MR) is 116 cm³/mol. The first-order valence-electron chi connectivity index (χ1n) is 9.10. The van der Waals surface area contributed by atoms with Gasteiger partial charge in [-0.3, -0.25) is 0 Å². The van der Waals surface area contributed by atoms with Crippen LogP contribution >= 0.6 is 0 Å². The summed E-state index contributed by atoms with van der Waals surface area (Å²) in [6.45, 7) is 19.9. The largest absolute Gasteiger partial charge is 0.478 e. The molecule has 0 saturated carbocycles. The maximum Gasteiger partial charge on any atom is 0.477 e. The number of carboxylic acids is 2. The molecule has 0 aliphatic carbocycles. The maximum atomic E-state index is 11.9. The van der Waals surface area contributed by atoms with E-state index in [-0.39, 0.29) is 5.57 Å². The van der Waals surface area contributed by atoms with E-state index in [4.69, 9.17) is 12.3 Å². The summed E-state index contributed by atoms with van der Waals surface area (Å²) in [6.07, 6.45) is 1.12. The van der Waals surface area contributed by atoms with Gasteiger partial charge in [-0.1, -0.05) is 6.92 Å². The fourth-order valence-corrected chi connectivity index (χ4v) is 17.3. The molecule has 11 heteroatoms. The first-order valence-corrected chi connectivity index (χ1v) is 21.1. The fourth-order valence-electron chi connectivity index (χ4n) is 2.66. The van der Waals surface area contributed by atoms with Gasteiger partial charge in [0.25, 0.3) is 0 Å². The SMILES string of the molecule is CCC(C(=CC(=O)O)C(=O)O)[Si](O[Si](C)(C)C)(O[Si](C)(C)C)O[Si](C)(C)C. The lowest BCUT2D eigenvalue weighted by atomic mass is 10.1. The summed E-state index contributed by atoms with van der Waals surface area (Å²) < 4.78 is 19.6. The highest BCUT2D eigenvalue weighted by atomic mass is 28.5. The molecule has 0 aromatic heterocycles. The van der Waals surface area contributed by atoms with Crippen molar-refractivity contribution in [1.29, 1.82) is 0 Å². The van der Waals surface area contributed by atoms with Crippen molar-refractivity contribution in [3.63, 3.8) is 0 Å². The second kappa shape index (κ2) is 9.28. The Morgan fingerprint density at radius 1 is 0.815 bits per heavy atom. The van der Waals surface area contributed by atoms with E-state index in [9.17, 15) is 19.8 Å². The summed E-state index contributed by atoms with van der Waals surface area (Å²) in [5, 5.41) is 19.0. The Kier molecular flexibility index (Phi) is 9.09. The molecule has 0 spiro atoms. The predicted octanol–water partition coefficient (Wildman–Crippen LogP) is 4.36. The molecule has 0 rings (SSSR count). The van der Waals surface area contributed by atoms with E-state index in [0.29, 0.717) is 6.42 Å². The molecule has 0 heterocycles. The molecule has 0 bridgehead atoms. The molecule has 0 aromatic rings. The standard InChI is InChI=1S/C16H36O7Si4/c1-11-14(13(16(19)20)12-15(17)18)27(21-24(2,3)4,22-25(5,6)7)23-26(8,9)10/h12,14H,11H2,1-10H3,(H,17,18)(H,19,20). The van der Waals surface area contributed by atoms with E-state index in [1.807, 2.05) is 65.8 Å². The van der Waals surface area contributed by atoms with Crippen LogP contribution in [-0.4, -0.2) is 55.9 Å². The zero-order valence-corrected chi connectivity index (χ0v) is 22.3. The van der Waals surface area contributed by atoms with Gasteiger partial charge in [0, 0.05) is 6.08 Å². The molecule has 7 nitrogen and oxygen atoms in total. The summed E-state index contributed by atoms with van der Waals surface area (Å²) >= 11 is 0. The van der Waals surface area contributed by atoms with E-state index >= 15 is 0 Å². The highest BCUT2D eigenvalue weighted by Crippen LogP contribution is 2.41. The molecule has 0 aliphatic rings. The van der Waals surface area contributed by atoms with Crippen LogP contribution in [0.3, 0.4) is 0 Å². The second-order valence-electron chi connectivity index (χ2n) is 9.45. The summed E-state index contributed by atoms with van der Waals surface area (Å²) in [7, 11) is -10.2. The average Bonchev–Trinajstić information content (AvgIpc) is 2.30. The molecule has 0 amide bonds. The van der Waals surface area contributed by atoms with Gasteiger partial charge in [0.05, 0.1) is 11.1 Å². The van der Waals surface area contributed by atoms with Crippen LogP contribution in [0, 0.1) is 0 Å². The molecule has 0 fully saturated rings. The summed E-state index contributed by atoms with van der Waals surface area (Å²) in [5.74, 6) is -2.58. The Bertz CT molecular complexity index is 530. The fraction of sp³-hybridized carbons (Fsp3) is 0.750. The first kappa shape index (κ1) is 26.4. The van der Waals surface area contributed by atoms with Crippen molar-refractivity contribution in [2.75, 3.05) is 0 Å². The number of hydrogen-bond donors (Lipinski definition) is 2. The Morgan fingerprint density at radius 2 is 1.15 bits per heavy atom. The topological polar surface area (TPSA) is 102 Å². The molecular weight excluding hydrogens is 417 g/mol. The van der Waals surface area contributed by atoms with E-state index < -0.39 is 51.2 Å². The van der Waals surface area contributed by atoms with Crippen LogP contribution < -0.4 is 0 Å². The van der Waals surface area contributed by atoms with Crippen LogP contribution in [0.15, 0.2) is 11.6 Å². The molecule has 0 radical (unpaired) electrons.